The molecule has 0 radical (unpaired) electrons. The van der Waals surface area contributed by atoms with Crippen LogP contribution in [0.3, 0.4) is 0 Å². The van der Waals surface area contributed by atoms with E-state index in [2.05, 4.69) is 10.3 Å². The molecule has 0 saturated heterocycles. The van der Waals surface area contributed by atoms with Crippen LogP contribution in [0.15, 0.2) is 29.3 Å². The molecular formula is C11H14ClN3O2. The maximum Gasteiger partial charge on any atom is 0.411 e. The summed E-state index contributed by atoms with van der Waals surface area (Å²) in [4.78, 5) is 15.2. The van der Waals surface area contributed by atoms with Gasteiger partial charge in [-0.15, -0.1) is 11.6 Å². The SMILES string of the molecule is CCOC(=O)Nc1ccc(N=C(N)CCl)cc1. The van der Waals surface area contributed by atoms with Crippen molar-refractivity contribution in [3.8, 4) is 0 Å². The number of aliphatic imine (C=N–C) groups is 1. The summed E-state index contributed by atoms with van der Waals surface area (Å²) in [6, 6.07) is 6.86. The minimum Gasteiger partial charge on any atom is -0.450 e. The molecule has 1 rings (SSSR count). The Morgan fingerprint density at radius 3 is 2.65 bits per heavy atom. The van der Waals surface area contributed by atoms with E-state index in [4.69, 9.17) is 22.1 Å². The Morgan fingerprint density at radius 2 is 2.12 bits per heavy atom. The molecule has 0 bridgehead atoms. The van der Waals surface area contributed by atoms with Crippen molar-refractivity contribution in [2.24, 2.45) is 10.7 Å². The van der Waals surface area contributed by atoms with Crippen LogP contribution in [0.25, 0.3) is 0 Å². The number of halogens is 1. The van der Waals surface area contributed by atoms with Crippen molar-refractivity contribution in [1.29, 1.82) is 0 Å². The Morgan fingerprint density at radius 1 is 1.47 bits per heavy atom. The largest absolute Gasteiger partial charge is 0.450 e. The highest BCUT2D eigenvalue weighted by molar-refractivity contribution is 6.28. The van der Waals surface area contributed by atoms with Gasteiger partial charge in [-0.1, -0.05) is 0 Å². The third-order valence-electron chi connectivity index (χ3n) is 1.80. The summed E-state index contributed by atoms with van der Waals surface area (Å²) < 4.78 is 4.74. The number of benzene rings is 1. The van der Waals surface area contributed by atoms with Crippen LogP contribution in [0.2, 0.25) is 0 Å². The van der Waals surface area contributed by atoms with E-state index in [1.165, 1.54) is 0 Å². The molecule has 0 heterocycles. The predicted octanol–water partition coefficient (Wildman–Crippen LogP) is 2.48. The van der Waals surface area contributed by atoms with Gasteiger partial charge in [-0.2, -0.15) is 0 Å². The monoisotopic (exact) mass is 255 g/mol. The summed E-state index contributed by atoms with van der Waals surface area (Å²) in [6.07, 6.45) is -0.482. The lowest BCUT2D eigenvalue weighted by Gasteiger charge is -2.05. The van der Waals surface area contributed by atoms with Crippen molar-refractivity contribution in [1.82, 2.24) is 0 Å². The number of hydrogen-bond acceptors (Lipinski definition) is 3. The zero-order chi connectivity index (χ0) is 12.7. The Labute approximate surface area is 105 Å². The summed E-state index contributed by atoms with van der Waals surface area (Å²) in [5, 5.41) is 2.57. The lowest BCUT2D eigenvalue weighted by Crippen LogP contribution is -2.13. The van der Waals surface area contributed by atoms with Gasteiger partial charge in [-0.05, 0) is 31.2 Å². The summed E-state index contributed by atoms with van der Waals surface area (Å²) in [5.41, 5.74) is 6.80. The molecule has 3 N–H and O–H groups in total. The summed E-state index contributed by atoms with van der Waals surface area (Å²) in [6.45, 7) is 2.08. The lowest BCUT2D eigenvalue weighted by molar-refractivity contribution is 0.168. The van der Waals surface area contributed by atoms with Crippen molar-refractivity contribution < 1.29 is 9.53 Å². The number of amides is 1. The van der Waals surface area contributed by atoms with Crippen molar-refractivity contribution >= 4 is 34.9 Å². The highest BCUT2D eigenvalue weighted by Crippen LogP contribution is 2.16. The molecule has 1 aromatic carbocycles. The maximum atomic E-state index is 11.1. The van der Waals surface area contributed by atoms with Gasteiger partial charge in [-0.3, -0.25) is 5.32 Å². The van der Waals surface area contributed by atoms with Crippen LogP contribution in [0.4, 0.5) is 16.2 Å². The maximum absolute atomic E-state index is 11.1. The number of alkyl halides is 1. The molecule has 1 amide bonds. The van der Waals surface area contributed by atoms with Crippen LogP contribution in [-0.4, -0.2) is 24.4 Å². The smallest absolute Gasteiger partial charge is 0.411 e. The van der Waals surface area contributed by atoms with Crippen LogP contribution >= 0.6 is 11.6 Å². The van der Waals surface area contributed by atoms with Crippen LogP contribution in [0.5, 0.6) is 0 Å². The summed E-state index contributed by atoms with van der Waals surface area (Å²) in [5.74, 6) is 0.529. The molecule has 6 heteroatoms. The first kappa shape index (κ1) is 13.3. The first-order chi connectivity index (χ1) is 8.15. The van der Waals surface area contributed by atoms with E-state index in [1.54, 1.807) is 31.2 Å². The highest BCUT2D eigenvalue weighted by Gasteiger charge is 2.01. The van der Waals surface area contributed by atoms with Gasteiger partial charge in [-0.25, -0.2) is 9.79 Å². The first-order valence-electron chi connectivity index (χ1n) is 5.08. The Balaban J connectivity index is 2.65. The van der Waals surface area contributed by atoms with E-state index >= 15 is 0 Å². The Hall–Kier alpha value is -1.75. The summed E-state index contributed by atoms with van der Waals surface area (Å²) in [7, 11) is 0. The van der Waals surface area contributed by atoms with Gasteiger partial charge in [0, 0.05) is 5.69 Å². The molecule has 0 aliphatic carbocycles. The number of amidine groups is 1. The summed E-state index contributed by atoms with van der Waals surface area (Å²) >= 11 is 5.51. The van der Waals surface area contributed by atoms with E-state index in [0.717, 1.165) is 0 Å². The average Bonchev–Trinajstić information content (AvgIpc) is 2.32. The zero-order valence-electron chi connectivity index (χ0n) is 9.44. The molecule has 0 aliphatic rings. The number of nitrogens with one attached hydrogen (secondary N) is 1. The molecule has 0 spiro atoms. The molecule has 5 nitrogen and oxygen atoms in total. The molecular weight excluding hydrogens is 242 g/mol. The molecule has 0 fully saturated rings. The third-order valence-corrected chi connectivity index (χ3v) is 2.07. The topological polar surface area (TPSA) is 76.7 Å². The van der Waals surface area contributed by atoms with Gasteiger partial charge in [0.2, 0.25) is 0 Å². The second-order valence-corrected chi connectivity index (χ2v) is 3.40. The number of anilines is 1. The highest BCUT2D eigenvalue weighted by atomic mass is 35.5. The third kappa shape index (κ3) is 4.74. The van der Waals surface area contributed by atoms with Crippen molar-refractivity contribution in [2.75, 3.05) is 17.8 Å². The van der Waals surface area contributed by atoms with Gasteiger partial charge >= 0.3 is 6.09 Å². The van der Waals surface area contributed by atoms with Crippen LogP contribution < -0.4 is 11.1 Å². The molecule has 0 atom stereocenters. The van der Waals surface area contributed by atoms with Crippen molar-refractivity contribution in [3.05, 3.63) is 24.3 Å². The number of hydrogen-bond donors (Lipinski definition) is 2. The van der Waals surface area contributed by atoms with Gasteiger partial charge in [0.15, 0.2) is 0 Å². The minimum absolute atomic E-state index is 0.183. The Kier molecular flexibility index (Phi) is 5.29. The zero-order valence-corrected chi connectivity index (χ0v) is 10.2. The lowest BCUT2D eigenvalue weighted by atomic mass is 10.3. The van der Waals surface area contributed by atoms with E-state index < -0.39 is 6.09 Å². The van der Waals surface area contributed by atoms with Gasteiger partial charge in [0.05, 0.1) is 18.2 Å². The normalized spacial score (nSPS) is 11.1. The van der Waals surface area contributed by atoms with Crippen LogP contribution in [0, 0.1) is 0 Å². The van der Waals surface area contributed by atoms with Crippen LogP contribution in [-0.2, 0) is 4.74 Å². The van der Waals surface area contributed by atoms with Gasteiger partial charge in [0.1, 0.15) is 5.84 Å². The fourth-order valence-corrected chi connectivity index (χ4v) is 1.16. The van der Waals surface area contributed by atoms with Crippen molar-refractivity contribution in [3.63, 3.8) is 0 Å². The van der Waals surface area contributed by atoms with Gasteiger partial charge < -0.3 is 10.5 Å². The Bertz CT molecular complexity index is 404. The fraction of sp³-hybridized carbons (Fsp3) is 0.273. The van der Waals surface area contributed by atoms with E-state index in [9.17, 15) is 4.79 Å². The second-order valence-electron chi connectivity index (χ2n) is 3.13. The van der Waals surface area contributed by atoms with Crippen molar-refractivity contribution in [2.45, 2.75) is 6.92 Å². The molecule has 0 unspecified atom stereocenters. The molecule has 0 aliphatic heterocycles. The number of nitrogens with zero attached hydrogens (tertiary/aromatic N) is 1. The van der Waals surface area contributed by atoms with E-state index in [1.807, 2.05) is 0 Å². The predicted molar refractivity (Wildman–Crippen MR) is 69.1 cm³/mol. The second kappa shape index (κ2) is 6.75. The number of ether oxygens (including phenoxy) is 1. The molecule has 17 heavy (non-hydrogen) atoms. The molecule has 92 valence electrons. The van der Waals surface area contributed by atoms with Gasteiger partial charge in [0.25, 0.3) is 0 Å². The van der Waals surface area contributed by atoms with E-state index in [0.29, 0.717) is 23.8 Å². The average molecular weight is 256 g/mol. The van der Waals surface area contributed by atoms with E-state index in [-0.39, 0.29) is 5.88 Å². The molecule has 0 saturated carbocycles. The molecule has 0 aromatic heterocycles. The number of nitrogens with two attached hydrogens (primary N) is 1. The molecule has 1 aromatic rings. The van der Waals surface area contributed by atoms with Crippen LogP contribution in [0.1, 0.15) is 6.92 Å². The fourth-order valence-electron chi connectivity index (χ4n) is 1.10. The minimum atomic E-state index is -0.482. The number of carbonyl (C=O) groups excluding carboxylic acids is 1. The standard InChI is InChI=1S/C11H14ClN3O2/c1-2-17-11(16)15-9-5-3-8(4-6-9)14-10(13)7-12/h3-6H,2,7H2,1H3,(H2,13,14)(H,15,16). The number of rotatable bonds is 4. The number of carbonyl (C=O) groups is 1. The first-order valence-corrected chi connectivity index (χ1v) is 5.62. The quantitative estimate of drug-likeness (QED) is 0.493.